The van der Waals surface area contributed by atoms with Gasteiger partial charge in [-0.25, -0.2) is 9.79 Å². The second-order valence-electron chi connectivity index (χ2n) is 6.38. The van der Waals surface area contributed by atoms with Crippen LogP contribution in [-0.2, 0) is 9.53 Å². The molecule has 0 amide bonds. The van der Waals surface area contributed by atoms with Crippen LogP contribution < -0.4 is 0 Å². The number of fused-ring (bicyclic) bond motifs is 3. The standard InChI is InChI=1S/C19H15NO2S/c21-18-19(20-17(22-18)12-5-2-1-3-6-12)14-9-8-13(11-14)16(19)15-7-4-10-23-15/h1-10,13-14,16H,11H2/t13?,14?,16-,19-/m0/s1. The summed E-state index contributed by atoms with van der Waals surface area (Å²) in [5.74, 6) is 0.911. The van der Waals surface area contributed by atoms with Crippen molar-refractivity contribution in [3.05, 3.63) is 70.4 Å². The molecule has 2 aliphatic carbocycles. The van der Waals surface area contributed by atoms with Gasteiger partial charge in [0.25, 0.3) is 0 Å². The first-order valence-corrected chi connectivity index (χ1v) is 8.76. The van der Waals surface area contributed by atoms with Gasteiger partial charge in [0, 0.05) is 22.3 Å². The Labute approximate surface area is 138 Å². The third-order valence-electron chi connectivity index (χ3n) is 5.26. The molecule has 1 aromatic heterocycles. The van der Waals surface area contributed by atoms with Crippen LogP contribution in [0.4, 0.5) is 0 Å². The third-order valence-corrected chi connectivity index (χ3v) is 6.21. The number of allylic oxidation sites excluding steroid dienone is 1. The van der Waals surface area contributed by atoms with Gasteiger partial charge in [0.2, 0.25) is 5.90 Å². The highest BCUT2D eigenvalue weighted by Gasteiger charge is 2.65. The molecule has 0 N–H and O–H groups in total. The zero-order chi connectivity index (χ0) is 15.4. The molecule has 2 bridgehead atoms. The zero-order valence-corrected chi connectivity index (χ0v) is 13.2. The molecule has 1 fully saturated rings. The number of cyclic esters (lactones) is 1. The van der Waals surface area contributed by atoms with E-state index in [4.69, 9.17) is 9.73 Å². The van der Waals surface area contributed by atoms with Gasteiger partial charge in [-0.15, -0.1) is 11.3 Å². The number of benzene rings is 1. The van der Waals surface area contributed by atoms with E-state index in [1.807, 2.05) is 36.4 Å². The summed E-state index contributed by atoms with van der Waals surface area (Å²) < 4.78 is 5.65. The Morgan fingerprint density at radius 1 is 1.13 bits per heavy atom. The topological polar surface area (TPSA) is 38.7 Å². The molecule has 3 aliphatic rings. The summed E-state index contributed by atoms with van der Waals surface area (Å²) in [6, 6.07) is 13.9. The Bertz CT molecular complexity index is 824. The lowest BCUT2D eigenvalue weighted by atomic mass is 9.75. The van der Waals surface area contributed by atoms with Crippen LogP contribution in [0.25, 0.3) is 0 Å². The predicted octanol–water partition coefficient (Wildman–Crippen LogP) is 3.78. The van der Waals surface area contributed by atoms with Gasteiger partial charge in [0.15, 0.2) is 5.54 Å². The van der Waals surface area contributed by atoms with E-state index in [0.29, 0.717) is 11.8 Å². The van der Waals surface area contributed by atoms with Gasteiger partial charge in [-0.05, 0) is 35.9 Å². The molecule has 1 aliphatic heterocycles. The molecule has 1 spiro atoms. The average molecular weight is 321 g/mol. The molecule has 5 rings (SSSR count). The van der Waals surface area contributed by atoms with E-state index in [2.05, 4.69) is 23.6 Å². The second-order valence-corrected chi connectivity index (χ2v) is 7.36. The number of rotatable bonds is 2. The van der Waals surface area contributed by atoms with E-state index in [1.165, 1.54) is 4.88 Å². The molecule has 1 saturated carbocycles. The first-order valence-electron chi connectivity index (χ1n) is 7.88. The van der Waals surface area contributed by atoms with Crippen molar-refractivity contribution in [1.29, 1.82) is 0 Å². The number of aliphatic imine (C=N–C) groups is 1. The van der Waals surface area contributed by atoms with Crippen LogP contribution in [0.5, 0.6) is 0 Å². The van der Waals surface area contributed by atoms with Gasteiger partial charge in [-0.2, -0.15) is 0 Å². The van der Waals surface area contributed by atoms with Gasteiger partial charge in [0.05, 0.1) is 0 Å². The van der Waals surface area contributed by atoms with Crippen molar-refractivity contribution >= 4 is 23.2 Å². The Morgan fingerprint density at radius 3 is 2.78 bits per heavy atom. The lowest BCUT2D eigenvalue weighted by Crippen LogP contribution is -2.43. The van der Waals surface area contributed by atoms with Gasteiger partial charge in [-0.1, -0.05) is 36.4 Å². The molecule has 3 nitrogen and oxygen atoms in total. The molecular weight excluding hydrogens is 306 g/mol. The third kappa shape index (κ3) is 1.70. The molecule has 23 heavy (non-hydrogen) atoms. The van der Waals surface area contributed by atoms with Crippen LogP contribution in [-0.4, -0.2) is 17.4 Å². The number of esters is 1. The SMILES string of the molecule is O=C1OC(c2ccccc2)=N[C@]12C1C=CC(C1)[C@H]2c1cccs1. The van der Waals surface area contributed by atoms with E-state index >= 15 is 0 Å². The minimum atomic E-state index is -0.768. The average Bonchev–Trinajstić information content (AvgIpc) is 3.34. The summed E-state index contributed by atoms with van der Waals surface area (Å²) >= 11 is 1.71. The number of hydrogen-bond acceptors (Lipinski definition) is 4. The summed E-state index contributed by atoms with van der Waals surface area (Å²) in [5, 5.41) is 2.07. The largest absolute Gasteiger partial charge is 0.405 e. The summed E-state index contributed by atoms with van der Waals surface area (Å²) in [7, 11) is 0. The Kier molecular flexibility index (Phi) is 2.68. The Morgan fingerprint density at radius 2 is 2.00 bits per heavy atom. The lowest BCUT2D eigenvalue weighted by molar-refractivity contribution is -0.140. The van der Waals surface area contributed by atoms with Crippen molar-refractivity contribution in [1.82, 2.24) is 0 Å². The molecule has 4 heteroatoms. The van der Waals surface area contributed by atoms with Crippen molar-refractivity contribution in [3.63, 3.8) is 0 Å². The highest BCUT2D eigenvalue weighted by Crippen LogP contribution is 2.60. The number of carbonyl (C=O) groups is 1. The first-order chi connectivity index (χ1) is 11.3. The second kappa shape index (κ2) is 4.65. The van der Waals surface area contributed by atoms with E-state index in [1.54, 1.807) is 11.3 Å². The van der Waals surface area contributed by atoms with E-state index in [-0.39, 0.29) is 17.8 Å². The first kappa shape index (κ1) is 13.3. The maximum atomic E-state index is 12.9. The lowest BCUT2D eigenvalue weighted by Gasteiger charge is -2.31. The zero-order valence-electron chi connectivity index (χ0n) is 12.4. The van der Waals surface area contributed by atoms with Crippen molar-refractivity contribution < 1.29 is 9.53 Å². The van der Waals surface area contributed by atoms with Crippen LogP contribution in [0.15, 0.2) is 65.0 Å². The number of hydrogen-bond donors (Lipinski definition) is 0. The van der Waals surface area contributed by atoms with Gasteiger partial charge < -0.3 is 4.74 Å². The quantitative estimate of drug-likeness (QED) is 0.624. The molecule has 2 aromatic rings. The van der Waals surface area contributed by atoms with E-state index in [0.717, 1.165) is 12.0 Å². The van der Waals surface area contributed by atoms with Crippen LogP contribution in [0.1, 0.15) is 22.8 Å². The molecule has 4 atom stereocenters. The summed E-state index contributed by atoms with van der Waals surface area (Å²) in [6.45, 7) is 0. The molecule has 0 saturated heterocycles. The van der Waals surface area contributed by atoms with Crippen LogP contribution in [0, 0.1) is 11.8 Å². The molecule has 2 unspecified atom stereocenters. The fourth-order valence-corrected chi connectivity index (χ4v) is 5.27. The van der Waals surface area contributed by atoms with Crippen LogP contribution in [0.2, 0.25) is 0 Å². The van der Waals surface area contributed by atoms with Crippen LogP contribution >= 0.6 is 11.3 Å². The van der Waals surface area contributed by atoms with Crippen molar-refractivity contribution in [2.75, 3.05) is 0 Å². The molecule has 114 valence electrons. The maximum absolute atomic E-state index is 12.9. The normalized spacial score (nSPS) is 34.2. The number of carbonyl (C=O) groups excluding carboxylic acids is 1. The highest BCUT2D eigenvalue weighted by atomic mass is 32.1. The van der Waals surface area contributed by atoms with Crippen molar-refractivity contribution in [2.45, 2.75) is 17.9 Å². The highest BCUT2D eigenvalue weighted by molar-refractivity contribution is 7.10. The van der Waals surface area contributed by atoms with E-state index in [9.17, 15) is 4.79 Å². The monoisotopic (exact) mass is 321 g/mol. The molecule has 1 aromatic carbocycles. The molecule has 2 heterocycles. The number of thiophene rings is 1. The Hall–Kier alpha value is -2.20. The predicted molar refractivity (Wildman–Crippen MR) is 89.6 cm³/mol. The fraction of sp³-hybridized carbons (Fsp3) is 0.263. The van der Waals surface area contributed by atoms with Gasteiger partial charge in [0.1, 0.15) is 0 Å². The summed E-state index contributed by atoms with van der Waals surface area (Å²) in [5.41, 5.74) is 0.101. The van der Waals surface area contributed by atoms with Crippen LogP contribution in [0.3, 0.4) is 0 Å². The summed E-state index contributed by atoms with van der Waals surface area (Å²) in [6.07, 6.45) is 5.40. The Balaban J connectivity index is 1.66. The minimum absolute atomic E-state index is 0.103. The fourth-order valence-electron chi connectivity index (χ4n) is 4.29. The van der Waals surface area contributed by atoms with Gasteiger partial charge in [-0.3, -0.25) is 0 Å². The number of ether oxygens (including phenoxy) is 1. The smallest absolute Gasteiger partial charge is 0.342 e. The van der Waals surface area contributed by atoms with E-state index < -0.39 is 5.54 Å². The maximum Gasteiger partial charge on any atom is 0.342 e. The molecular formula is C19H15NO2S. The summed E-state index contributed by atoms with van der Waals surface area (Å²) in [4.78, 5) is 19.0. The van der Waals surface area contributed by atoms with Crippen molar-refractivity contribution in [3.8, 4) is 0 Å². The van der Waals surface area contributed by atoms with Gasteiger partial charge >= 0.3 is 5.97 Å². The number of nitrogens with zero attached hydrogens (tertiary/aromatic N) is 1. The molecule has 0 radical (unpaired) electrons. The minimum Gasteiger partial charge on any atom is -0.405 e. The van der Waals surface area contributed by atoms with Crippen molar-refractivity contribution in [2.24, 2.45) is 16.8 Å².